The third kappa shape index (κ3) is 6.26. The SMILES string of the molecule is CC1=C(C=O)NC=NCC(C)OCCN=C1Nc1ccc(C2CCCCC2)cc1. The summed E-state index contributed by atoms with van der Waals surface area (Å²) in [7, 11) is 0. The number of rotatable bonds is 3. The van der Waals surface area contributed by atoms with Crippen molar-refractivity contribution in [2.24, 2.45) is 9.98 Å². The lowest BCUT2D eigenvalue weighted by atomic mass is 9.84. The Morgan fingerprint density at radius 1 is 1.17 bits per heavy atom. The minimum absolute atomic E-state index is 0.0103. The van der Waals surface area contributed by atoms with E-state index in [0.29, 0.717) is 37.1 Å². The number of carbonyl (C=O) groups excluding carboxylic acids is 1. The third-order valence-corrected chi connectivity index (χ3v) is 5.56. The molecule has 1 aliphatic heterocycles. The van der Waals surface area contributed by atoms with Gasteiger partial charge in [0.2, 0.25) is 0 Å². The molecule has 6 nitrogen and oxygen atoms in total. The van der Waals surface area contributed by atoms with Crippen LogP contribution in [0.5, 0.6) is 0 Å². The van der Waals surface area contributed by atoms with Gasteiger partial charge in [-0.05, 0) is 50.3 Å². The van der Waals surface area contributed by atoms with Gasteiger partial charge in [-0.3, -0.25) is 14.8 Å². The second-order valence-electron chi connectivity index (χ2n) is 7.79. The van der Waals surface area contributed by atoms with Gasteiger partial charge >= 0.3 is 0 Å². The van der Waals surface area contributed by atoms with Crippen molar-refractivity contribution in [1.82, 2.24) is 5.32 Å². The van der Waals surface area contributed by atoms with Crippen molar-refractivity contribution >= 4 is 24.1 Å². The molecule has 3 rings (SSSR count). The molecule has 2 aliphatic rings. The lowest BCUT2D eigenvalue weighted by Crippen LogP contribution is -2.24. The third-order valence-electron chi connectivity index (χ3n) is 5.56. The van der Waals surface area contributed by atoms with Gasteiger partial charge < -0.3 is 15.4 Å². The molecular formula is C23H32N4O2. The van der Waals surface area contributed by atoms with Gasteiger partial charge in [0.15, 0.2) is 6.29 Å². The van der Waals surface area contributed by atoms with E-state index in [1.807, 2.05) is 13.8 Å². The van der Waals surface area contributed by atoms with Crippen LogP contribution in [0.4, 0.5) is 5.69 Å². The van der Waals surface area contributed by atoms with Crippen LogP contribution in [0, 0.1) is 0 Å². The van der Waals surface area contributed by atoms with Crippen LogP contribution < -0.4 is 10.6 Å². The van der Waals surface area contributed by atoms with E-state index in [-0.39, 0.29) is 6.10 Å². The van der Waals surface area contributed by atoms with E-state index in [4.69, 9.17) is 4.74 Å². The first-order chi connectivity index (χ1) is 14.2. The predicted octanol–water partition coefficient (Wildman–Crippen LogP) is 4.05. The normalized spacial score (nSPS) is 22.1. The molecule has 1 aromatic rings. The Morgan fingerprint density at radius 3 is 2.66 bits per heavy atom. The Balaban J connectivity index is 1.77. The number of aldehydes is 1. The van der Waals surface area contributed by atoms with Crippen LogP contribution in [0.1, 0.15) is 57.4 Å². The number of amidine groups is 1. The zero-order valence-corrected chi connectivity index (χ0v) is 17.5. The molecule has 1 aromatic carbocycles. The lowest BCUT2D eigenvalue weighted by Gasteiger charge is -2.22. The fourth-order valence-corrected chi connectivity index (χ4v) is 3.80. The zero-order valence-electron chi connectivity index (χ0n) is 17.5. The Kier molecular flexibility index (Phi) is 7.99. The highest BCUT2D eigenvalue weighted by molar-refractivity contribution is 6.10. The van der Waals surface area contributed by atoms with E-state index in [1.54, 1.807) is 6.34 Å². The maximum Gasteiger partial charge on any atom is 0.166 e. The summed E-state index contributed by atoms with van der Waals surface area (Å²) < 4.78 is 5.72. The van der Waals surface area contributed by atoms with Crippen molar-refractivity contribution in [3.8, 4) is 0 Å². The second-order valence-corrected chi connectivity index (χ2v) is 7.79. The summed E-state index contributed by atoms with van der Waals surface area (Å²) in [6, 6.07) is 8.63. The first-order valence-electron chi connectivity index (χ1n) is 10.6. The van der Waals surface area contributed by atoms with Gasteiger partial charge in [0.25, 0.3) is 0 Å². The molecule has 1 saturated carbocycles. The average molecular weight is 397 g/mol. The molecule has 1 aliphatic carbocycles. The van der Waals surface area contributed by atoms with Gasteiger partial charge in [-0.25, -0.2) is 0 Å². The maximum absolute atomic E-state index is 11.6. The maximum atomic E-state index is 11.6. The van der Waals surface area contributed by atoms with Crippen molar-refractivity contribution in [3.63, 3.8) is 0 Å². The predicted molar refractivity (Wildman–Crippen MR) is 119 cm³/mol. The topological polar surface area (TPSA) is 75.1 Å². The molecule has 0 bridgehead atoms. The van der Waals surface area contributed by atoms with Crippen LogP contribution in [0.25, 0.3) is 0 Å². The zero-order chi connectivity index (χ0) is 20.5. The number of benzene rings is 1. The van der Waals surface area contributed by atoms with Crippen LogP contribution in [-0.4, -0.2) is 44.3 Å². The molecule has 0 radical (unpaired) electrons. The summed E-state index contributed by atoms with van der Waals surface area (Å²) >= 11 is 0. The molecule has 0 saturated heterocycles. The van der Waals surface area contributed by atoms with E-state index >= 15 is 0 Å². The number of anilines is 1. The second kappa shape index (κ2) is 10.9. The molecule has 1 fully saturated rings. The van der Waals surface area contributed by atoms with E-state index in [2.05, 4.69) is 44.9 Å². The van der Waals surface area contributed by atoms with Crippen LogP contribution in [0.15, 0.2) is 45.5 Å². The summed E-state index contributed by atoms with van der Waals surface area (Å²) in [6.45, 7) is 5.42. The van der Waals surface area contributed by atoms with E-state index in [9.17, 15) is 4.79 Å². The minimum Gasteiger partial charge on any atom is -0.375 e. The summed E-state index contributed by atoms with van der Waals surface area (Å²) in [4.78, 5) is 20.5. The summed E-state index contributed by atoms with van der Waals surface area (Å²) in [5.41, 5.74) is 3.57. The van der Waals surface area contributed by atoms with E-state index in [0.717, 1.165) is 17.5 Å². The molecular weight excluding hydrogens is 364 g/mol. The minimum atomic E-state index is 0.0103. The Bertz CT molecular complexity index is 762. The monoisotopic (exact) mass is 396 g/mol. The number of aliphatic imine (C=N–C) groups is 2. The van der Waals surface area contributed by atoms with Crippen molar-refractivity contribution in [1.29, 1.82) is 0 Å². The molecule has 2 N–H and O–H groups in total. The first-order valence-corrected chi connectivity index (χ1v) is 10.6. The highest BCUT2D eigenvalue weighted by Gasteiger charge is 2.16. The fraction of sp³-hybridized carbons (Fsp3) is 0.522. The van der Waals surface area contributed by atoms with Crippen LogP contribution in [0.3, 0.4) is 0 Å². The van der Waals surface area contributed by atoms with Gasteiger partial charge in [-0.15, -0.1) is 0 Å². The van der Waals surface area contributed by atoms with Crippen molar-refractivity contribution in [2.75, 3.05) is 25.0 Å². The van der Waals surface area contributed by atoms with Crippen molar-refractivity contribution in [3.05, 3.63) is 41.1 Å². The smallest absolute Gasteiger partial charge is 0.166 e. The summed E-state index contributed by atoms with van der Waals surface area (Å²) in [6.07, 6.45) is 8.96. The number of nitrogens with one attached hydrogen (secondary N) is 2. The largest absolute Gasteiger partial charge is 0.375 e. The van der Waals surface area contributed by atoms with Crippen molar-refractivity contribution in [2.45, 2.75) is 58.0 Å². The van der Waals surface area contributed by atoms with Crippen LogP contribution in [-0.2, 0) is 9.53 Å². The van der Waals surface area contributed by atoms with Gasteiger partial charge in [-0.1, -0.05) is 31.4 Å². The molecule has 156 valence electrons. The van der Waals surface area contributed by atoms with E-state index in [1.165, 1.54) is 37.7 Å². The number of allylic oxidation sites excluding steroid dienone is 1. The van der Waals surface area contributed by atoms with Crippen LogP contribution in [0.2, 0.25) is 0 Å². The molecule has 1 atom stereocenters. The molecule has 6 heteroatoms. The molecule has 0 spiro atoms. The quantitative estimate of drug-likeness (QED) is 0.756. The summed E-state index contributed by atoms with van der Waals surface area (Å²) in [5, 5.41) is 6.35. The van der Waals surface area contributed by atoms with Gasteiger partial charge in [0.1, 0.15) is 5.84 Å². The number of ether oxygens (including phenoxy) is 1. The number of nitrogens with zero attached hydrogens (tertiary/aromatic N) is 2. The fourth-order valence-electron chi connectivity index (χ4n) is 3.80. The van der Waals surface area contributed by atoms with Crippen LogP contribution >= 0.6 is 0 Å². The van der Waals surface area contributed by atoms with Gasteiger partial charge in [-0.2, -0.15) is 0 Å². The highest BCUT2D eigenvalue weighted by Crippen LogP contribution is 2.33. The molecule has 1 heterocycles. The average Bonchev–Trinajstić information content (AvgIpc) is 2.76. The summed E-state index contributed by atoms with van der Waals surface area (Å²) in [5.74, 6) is 1.35. The van der Waals surface area contributed by atoms with Crippen molar-refractivity contribution < 1.29 is 9.53 Å². The standard InChI is InChI=1S/C23H32N4O2/c1-17-14-24-16-26-22(15-28)18(2)23(25-12-13-29-17)27-21-10-8-20(9-11-21)19-6-4-3-5-7-19/h8-11,15-17,19H,3-7,12-14H2,1-2H3,(H,24,26)(H,25,27). The van der Waals surface area contributed by atoms with Gasteiger partial charge in [0.05, 0.1) is 37.8 Å². The number of carbonyl (C=O) groups is 1. The molecule has 0 amide bonds. The first kappa shape index (κ1) is 21.2. The number of hydrogen-bond donors (Lipinski definition) is 2. The Morgan fingerprint density at radius 2 is 1.93 bits per heavy atom. The molecule has 0 aromatic heterocycles. The number of hydrogen-bond acceptors (Lipinski definition) is 6. The van der Waals surface area contributed by atoms with Gasteiger partial charge in [0, 0.05) is 11.3 Å². The van der Waals surface area contributed by atoms with E-state index < -0.39 is 0 Å². The molecule has 1 unspecified atom stereocenters. The molecule has 29 heavy (non-hydrogen) atoms. The lowest BCUT2D eigenvalue weighted by molar-refractivity contribution is -0.105. The highest BCUT2D eigenvalue weighted by atomic mass is 16.5. The Labute approximate surface area is 173 Å². The Hall–Kier alpha value is -2.47.